The number of likely N-dealkylation sites (tertiary alicyclic amines) is 2. The average Bonchev–Trinajstić information content (AvgIpc) is 2.56. The molecule has 2 amide bonds. The molecule has 17 heavy (non-hydrogen) atoms. The van der Waals surface area contributed by atoms with Crippen LogP contribution in [-0.2, 0) is 9.59 Å². The summed E-state index contributed by atoms with van der Waals surface area (Å²) in [5, 5.41) is 0. The molecule has 1 spiro atoms. The molecule has 0 unspecified atom stereocenters. The molecule has 0 aromatic heterocycles. The highest BCUT2D eigenvalue weighted by Gasteiger charge is 2.50. The first kappa shape index (κ1) is 11.1. The maximum Gasteiger partial charge on any atom is 0.225 e. The largest absolute Gasteiger partial charge is 0.342 e. The second kappa shape index (κ2) is 3.72. The minimum Gasteiger partial charge on any atom is -0.342 e. The number of nitrogens with zero attached hydrogens (tertiary/aromatic N) is 2. The molecule has 0 radical (unpaired) electrons. The summed E-state index contributed by atoms with van der Waals surface area (Å²) < 4.78 is 0. The van der Waals surface area contributed by atoms with Crippen molar-refractivity contribution in [1.82, 2.24) is 9.80 Å². The van der Waals surface area contributed by atoms with Gasteiger partial charge in [0.2, 0.25) is 11.8 Å². The SMILES string of the molecule is CC(=O)N1CCC2(C1)CN(C(=O)C1CCC1)C2. The van der Waals surface area contributed by atoms with Crippen LogP contribution in [0.4, 0.5) is 0 Å². The Morgan fingerprint density at radius 1 is 1.12 bits per heavy atom. The van der Waals surface area contributed by atoms with Gasteiger partial charge in [0.05, 0.1) is 0 Å². The van der Waals surface area contributed by atoms with E-state index >= 15 is 0 Å². The maximum absolute atomic E-state index is 12.0. The lowest BCUT2D eigenvalue weighted by Gasteiger charge is -2.49. The van der Waals surface area contributed by atoms with Crippen molar-refractivity contribution in [2.75, 3.05) is 26.2 Å². The Labute approximate surface area is 102 Å². The zero-order valence-corrected chi connectivity index (χ0v) is 10.4. The maximum atomic E-state index is 12.0. The van der Waals surface area contributed by atoms with Crippen molar-refractivity contribution >= 4 is 11.8 Å². The van der Waals surface area contributed by atoms with Crippen LogP contribution in [0.5, 0.6) is 0 Å². The van der Waals surface area contributed by atoms with E-state index in [1.54, 1.807) is 6.92 Å². The van der Waals surface area contributed by atoms with E-state index in [4.69, 9.17) is 0 Å². The van der Waals surface area contributed by atoms with Crippen LogP contribution >= 0.6 is 0 Å². The molecule has 2 aliphatic heterocycles. The van der Waals surface area contributed by atoms with E-state index in [-0.39, 0.29) is 11.3 Å². The Morgan fingerprint density at radius 2 is 1.76 bits per heavy atom. The number of carbonyl (C=O) groups excluding carboxylic acids is 2. The molecule has 3 fully saturated rings. The van der Waals surface area contributed by atoms with Gasteiger partial charge in [-0.3, -0.25) is 9.59 Å². The average molecular weight is 236 g/mol. The van der Waals surface area contributed by atoms with Gasteiger partial charge >= 0.3 is 0 Å². The Hall–Kier alpha value is -1.06. The van der Waals surface area contributed by atoms with E-state index in [0.717, 1.165) is 45.4 Å². The molecule has 1 saturated carbocycles. The van der Waals surface area contributed by atoms with Gasteiger partial charge in [-0.15, -0.1) is 0 Å². The smallest absolute Gasteiger partial charge is 0.225 e. The van der Waals surface area contributed by atoms with Crippen molar-refractivity contribution in [1.29, 1.82) is 0 Å². The van der Waals surface area contributed by atoms with Gasteiger partial charge < -0.3 is 9.80 Å². The number of carbonyl (C=O) groups is 2. The van der Waals surface area contributed by atoms with E-state index in [2.05, 4.69) is 0 Å². The lowest BCUT2D eigenvalue weighted by molar-refractivity contribution is -0.150. The Kier molecular flexibility index (Phi) is 2.42. The summed E-state index contributed by atoms with van der Waals surface area (Å²) in [7, 11) is 0. The molecule has 2 saturated heterocycles. The van der Waals surface area contributed by atoms with Crippen LogP contribution < -0.4 is 0 Å². The third kappa shape index (κ3) is 1.74. The van der Waals surface area contributed by atoms with Gasteiger partial charge in [0.1, 0.15) is 0 Å². The van der Waals surface area contributed by atoms with Crippen LogP contribution in [0, 0.1) is 11.3 Å². The van der Waals surface area contributed by atoms with Crippen LogP contribution in [-0.4, -0.2) is 47.8 Å². The molecule has 0 bridgehead atoms. The third-order valence-corrected chi connectivity index (χ3v) is 4.70. The normalized spacial score (nSPS) is 26.9. The van der Waals surface area contributed by atoms with Crippen molar-refractivity contribution < 1.29 is 9.59 Å². The van der Waals surface area contributed by atoms with E-state index < -0.39 is 0 Å². The van der Waals surface area contributed by atoms with Crippen LogP contribution in [0.15, 0.2) is 0 Å². The second-order valence-electron chi connectivity index (χ2n) is 6.01. The number of rotatable bonds is 1. The Bertz CT molecular complexity index is 356. The van der Waals surface area contributed by atoms with Gasteiger partial charge in [0, 0.05) is 44.4 Å². The molecule has 3 aliphatic rings. The first-order valence-electron chi connectivity index (χ1n) is 6.64. The van der Waals surface area contributed by atoms with Gasteiger partial charge in [-0.2, -0.15) is 0 Å². The van der Waals surface area contributed by atoms with Crippen LogP contribution in [0.25, 0.3) is 0 Å². The topological polar surface area (TPSA) is 40.6 Å². The fourth-order valence-electron chi connectivity index (χ4n) is 3.29. The molecule has 4 nitrogen and oxygen atoms in total. The van der Waals surface area contributed by atoms with E-state index in [1.165, 1.54) is 6.42 Å². The predicted molar refractivity (Wildman–Crippen MR) is 63.2 cm³/mol. The summed E-state index contributed by atoms with van der Waals surface area (Å²) in [4.78, 5) is 27.2. The fraction of sp³-hybridized carbons (Fsp3) is 0.846. The number of hydrogen-bond donors (Lipinski definition) is 0. The quantitative estimate of drug-likeness (QED) is 0.677. The predicted octanol–water partition coefficient (Wildman–Crippen LogP) is 0.867. The molecule has 2 heterocycles. The minimum atomic E-state index is 0.172. The monoisotopic (exact) mass is 236 g/mol. The van der Waals surface area contributed by atoms with Crippen molar-refractivity contribution in [3.63, 3.8) is 0 Å². The summed E-state index contributed by atoms with van der Waals surface area (Å²) in [6.07, 6.45) is 4.46. The highest BCUT2D eigenvalue weighted by molar-refractivity contribution is 5.80. The van der Waals surface area contributed by atoms with Gasteiger partial charge in [-0.1, -0.05) is 6.42 Å². The lowest BCUT2D eigenvalue weighted by Crippen LogP contribution is -2.61. The summed E-state index contributed by atoms with van der Waals surface area (Å²) in [6.45, 7) is 5.13. The second-order valence-corrected chi connectivity index (χ2v) is 6.01. The number of hydrogen-bond acceptors (Lipinski definition) is 2. The summed E-state index contributed by atoms with van der Waals surface area (Å²) in [5.41, 5.74) is 0.241. The molecule has 1 aliphatic carbocycles. The molecular formula is C13H20N2O2. The molecule has 0 aromatic carbocycles. The van der Waals surface area contributed by atoms with Crippen LogP contribution in [0.1, 0.15) is 32.6 Å². The standard InChI is InChI=1S/C13H20N2O2/c1-10(16)14-6-5-13(7-14)8-15(9-13)12(17)11-3-2-4-11/h11H,2-9H2,1H3. The van der Waals surface area contributed by atoms with Crippen LogP contribution in [0.2, 0.25) is 0 Å². The minimum absolute atomic E-state index is 0.172. The first-order valence-corrected chi connectivity index (χ1v) is 6.64. The molecular weight excluding hydrogens is 216 g/mol. The summed E-state index contributed by atoms with van der Waals surface area (Å²) in [6, 6.07) is 0. The molecule has 0 aromatic rings. The molecule has 94 valence electrons. The van der Waals surface area contributed by atoms with Crippen molar-refractivity contribution in [3.8, 4) is 0 Å². The third-order valence-electron chi connectivity index (χ3n) is 4.70. The summed E-state index contributed by atoms with van der Waals surface area (Å²) in [5.74, 6) is 0.853. The van der Waals surface area contributed by atoms with E-state index in [1.807, 2.05) is 9.80 Å². The lowest BCUT2D eigenvalue weighted by atomic mass is 9.76. The summed E-state index contributed by atoms with van der Waals surface area (Å²) >= 11 is 0. The van der Waals surface area contributed by atoms with E-state index in [9.17, 15) is 9.59 Å². The highest BCUT2D eigenvalue weighted by atomic mass is 16.2. The zero-order chi connectivity index (χ0) is 12.0. The Morgan fingerprint density at radius 3 is 2.24 bits per heavy atom. The Balaban J connectivity index is 1.54. The zero-order valence-electron chi connectivity index (χ0n) is 10.4. The van der Waals surface area contributed by atoms with E-state index in [0.29, 0.717) is 11.8 Å². The highest BCUT2D eigenvalue weighted by Crippen LogP contribution is 2.41. The first-order chi connectivity index (χ1) is 8.10. The molecule has 0 N–H and O–H groups in total. The molecule has 3 rings (SSSR count). The number of amides is 2. The van der Waals surface area contributed by atoms with Crippen molar-refractivity contribution in [3.05, 3.63) is 0 Å². The fourth-order valence-corrected chi connectivity index (χ4v) is 3.29. The van der Waals surface area contributed by atoms with Crippen LogP contribution in [0.3, 0.4) is 0 Å². The molecule has 4 heteroatoms. The van der Waals surface area contributed by atoms with Gasteiger partial charge in [-0.25, -0.2) is 0 Å². The van der Waals surface area contributed by atoms with Gasteiger partial charge in [0.15, 0.2) is 0 Å². The van der Waals surface area contributed by atoms with Gasteiger partial charge in [-0.05, 0) is 19.3 Å². The van der Waals surface area contributed by atoms with Gasteiger partial charge in [0.25, 0.3) is 0 Å². The van der Waals surface area contributed by atoms with Crippen molar-refractivity contribution in [2.45, 2.75) is 32.6 Å². The molecule has 0 atom stereocenters. The van der Waals surface area contributed by atoms with Crippen molar-refractivity contribution in [2.24, 2.45) is 11.3 Å².